The van der Waals surface area contributed by atoms with Crippen LogP contribution in [0.2, 0.25) is 0 Å². The predicted octanol–water partition coefficient (Wildman–Crippen LogP) is -0.0514. The van der Waals surface area contributed by atoms with Crippen LogP contribution in [0.25, 0.3) is 0 Å². The highest BCUT2D eigenvalue weighted by Crippen LogP contribution is 2.28. The molecule has 0 spiro atoms. The van der Waals surface area contributed by atoms with Crippen LogP contribution < -0.4 is 5.73 Å². The van der Waals surface area contributed by atoms with E-state index >= 15 is 0 Å². The molecule has 2 heterocycles. The molecule has 76 valence electrons. The summed E-state index contributed by atoms with van der Waals surface area (Å²) in [5.41, 5.74) is 6.86. The van der Waals surface area contributed by atoms with Gasteiger partial charge in [-0.3, -0.25) is 4.79 Å². The molecular formula is C9H14N4O. The van der Waals surface area contributed by atoms with Crippen LogP contribution in [-0.2, 0) is 4.79 Å². The Morgan fingerprint density at radius 1 is 1.71 bits per heavy atom. The van der Waals surface area contributed by atoms with Crippen LogP contribution >= 0.6 is 0 Å². The summed E-state index contributed by atoms with van der Waals surface area (Å²) in [5, 5.41) is 0. The van der Waals surface area contributed by atoms with Gasteiger partial charge in [-0.15, -0.1) is 0 Å². The van der Waals surface area contributed by atoms with E-state index in [9.17, 15) is 4.79 Å². The van der Waals surface area contributed by atoms with Crippen molar-refractivity contribution in [3.63, 3.8) is 0 Å². The van der Waals surface area contributed by atoms with E-state index in [1.165, 1.54) is 0 Å². The molecular weight excluding hydrogens is 180 g/mol. The fourth-order valence-electron chi connectivity index (χ4n) is 1.87. The van der Waals surface area contributed by atoms with Gasteiger partial charge in [0.2, 0.25) is 5.91 Å². The molecule has 0 bridgehead atoms. The third-order valence-corrected chi connectivity index (χ3v) is 2.63. The van der Waals surface area contributed by atoms with Crippen molar-refractivity contribution in [2.24, 2.45) is 5.73 Å². The van der Waals surface area contributed by atoms with E-state index in [0.717, 1.165) is 11.5 Å². The van der Waals surface area contributed by atoms with Crippen LogP contribution in [0, 0.1) is 6.92 Å². The van der Waals surface area contributed by atoms with Crippen LogP contribution in [0.5, 0.6) is 0 Å². The van der Waals surface area contributed by atoms with Crippen molar-refractivity contribution in [2.75, 3.05) is 7.05 Å². The predicted molar refractivity (Wildman–Crippen MR) is 51.4 cm³/mol. The largest absolute Gasteiger partial charge is 0.344 e. The molecule has 0 saturated carbocycles. The number of amides is 1. The summed E-state index contributed by atoms with van der Waals surface area (Å²) in [4.78, 5) is 20.4. The molecule has 0 aliphatic carbocycles. The van der Waals surface area contributed by atoms with Gasteiger partial charge in [0, 0.05) is 31.4 Å². The monoisotopic (exact) mass is 194 g/mol. The van der Waals surface area contributed by atoms with Crippen molar-refractivity contribution in [1.82, 2.24) is 14.9 Å². The van der Waals surface area contributed by atoms with E-state index in [1.807, 2.05) is 6.92 Å². The lowest BCUT2D eigenvalue weighted by molar-refractivity contribution is -0.127. The molecule has 5 nitrogen and oxygen atoms in total. The third kappa shape index (κ3) is 1.29. The fourth-order valence-corrected chi connectivity index (χ4v) is 1.87. The van der Waals surface area contributed by atoms with E-state index in [-0.39, 0.29) is 18.0 Å². The maximum Gasteiger partial charge on any atom is 0.224 e. The number of aromatic amines is 1. The Kier molecular flexibility index (Phi) is 2.03. The van der Waals surface area contributed by atoms with Crippen molar-refractivity contribution < 1.29 is 4.79 Å². The van der Waals surface area contributed by atoms with Gasteiger partial charge < -0.3 is 15.6 Å². The van der Waals surface area contributed by atoms with Crippen molar-refractivity contribution in [1.29, 1.82) is 0 Å². The molecule has 1 aliphatic heterocycles. The van der Waals surface area contributed by atoms with Gasteiger partial charge in [0.05, 0.1) is 0 Å². The standard InChI is InChI=1S/C9H14N4O/c1-5-4-11-9(12-5)8-6(10)3-7(14)13(8)2/h4,6,8H,3,10H2,1-2H3,(H,11,12). The number of imidazole rings is 1. The van der Waals surface area contributed by atoms with Crippen LogP contribution in [0.15, 0.2) is 6.20 Å². The molecule has 1 aliphatic rings. The van der Waals surface area contributed by atoms with E-state index < -0.39 is 0 Å². The van der Waals surface area contributed by atoms with Crippen LogP contribution in [0.1, 0.15) is 24.0 Å². The second-order valence-corrected chi connectivity index (χ2v) is 3.77. The minimum Gasteiger partial charge on any atom is -0.344 e. The van der Waals surface area contributed by atoms with Crippen LogP contribution in [0.3, 0.4) is 0 Å². The number of carbonyl (C=O) groups excluding carboxylic acids is 1. The fraction of sp³-hybridized carbons (Fsp3) is 0.556. The first-order chi connectivity index (χ1) is 6.59. The molecule has 14 heavy (non-hydrogen) atoms. The molecule has 1 aromatic heterocycles. The lowest BCUT2D eigenvalue weighted by atomic mass is 10.1. The van der Waals surface area contributed by atoms with E-state index in [0.29, 0.717) is 6.42 Å². The highest BCUT2D eigenvalue weighted by atomic mass is 16.2. The molecule has 0 aromatic carbocycles. The summed E-state index contributed by atoms with van der Waals surface area (Å²) in [7, 11) is 1.76. The van der Waals surface area contributed by atoms with E-state index in [1.54, 1.807) is 18.1 Å². The van der Waals surface area contributed by atoms with Crippen LogP contribution in [0.4, 0.5) is 0 Å². The number of nitrogens with one attached hydrogen (secondary N) is 1. The molecule has 5 heteroatoms. The SMILES string of the molecule is Cc1cnc(C2C(N)CC(=O)N2C)[nH]1. The Morgan fingerprint density at radius 3 is 2.86 bits per heavy atom. The Morgan fingerprint density at radius 2 is 2.43 bits per heavy atom. The molecule has 3 N–H and O–H groups in total. The number of carbonyl (C=O) groups is 1. The molecule has 0 radical (unpaired) electrons. The Balaban J connectivity index is 2.30. The lowest BCUT2D eigenvalue weighted by Gasteiger charge is -2.20. The van der Waals surface area contributed by atoms with Gasteiger partial charge in [0.25, 0.3) is 0 Å². The Labute approximate surface area is 82.3 Å². The van der Waals surface area contributed by atoms with Crippen LogP contribution in [-0.4, -0.2) is 33.9 Å². The molecule has 2 atom stereocenters. The van der Waals surface area contributed by atoms with Crippen molar-refractivity contribution >= 4 is 5.91 Å². The third-order valence-electron chi connectivity index (χ3n) is 2.63. The van der Waals surface area contributed by atoms with Gasteiger partial charge in [-0.25, -0.2) is 4.98 Å². The average molecular weight is 194 g/mol. The van der Waals surface area contributed by atoms with Gasteiger partial charge in [-0.2, -0.15) is 0 Å². The first-order valence-corrected chi connectivity index (χ1v) is 4.62. The lowest BCUT2D eigenvalue weighted by Crippen LogP contribution is -2.31. The second-order valence-electron chi connectivity index (χ2n) is 3.77. The maximum absolute atomic E-state index is 11.4. The number of H-pyrrole nitrogens is 1. The van der Waals surface area contributed by atoms with Gasteiger partial charge in [-0.05, 0) is 6.92 Å². The average Bonchev–Trinajstić information content (AvgIpc) is 2.60. The maximum atomic E-state index is 11.4. The highest BCUT2D eigenvalue weighted by Gasteiger charge is 2.37. The number of hydrogen-bond donors (Lipinski definition) is 2. The zero-order valence-corrected chi connectivity index (χ0v) is 8.32. The minimum absolute atomic E-state index is 0.0801. The summed E-state index contributed by atoms with van der Waals surface area (Å²) in [5.74, 6) is 0.861. The summed E-state index contributed by atoms with van der Waals surface area (Å²) < 4.78 is 0. The summed E-state index contributed by atoms with van der Waals surface area (Å²) >= 11 is 0. The minimum atomic E-state index is -0.155. The van der Waals surface area contributed by atoms with Gasteiger partial charge in [0.15, 0.2) is 0 Å². The highest BCUT2D eigenvalue weighted by molar-refractivity contribution is 5.79. The Bertz CT molecular complexity index is 359. The number of hydrogen-bond acceptors (Lipinski definition) is 3. The topological polar surface area (TPSA) is 75.0 Å². The number of nitrogens with two attached hydrogens (primary N) is 1. The molecule has 1 aromatic rings. The van der Waals surface area contributed by atoms with E-state index in [2.05, 4.69) is 9.97 Å². The quantitative estimate of drug-likeness (QED) is 0.658. The van der Waals surface area contributed by atoms with Crippen molar-refractivity contribution in [3.05, 3.63) is 17.7 Å². The summed E-state index contributed by atoms with van der Waals surface area (Å²) in [6.07, 6.45) is 2.15. The molecule has 1 saturated heterocycles. The number of aromatic nitrogens is 2. The van der Waals surface area contributed by atoms with Gasteiger partial charge >= 0.3 is 0 Å². The smallest absolute Gasteiger partial charge is 0.224 e. The number of aryl methyl sites for hydroxylation is 1. The normalized spacial score (nSPS) is 27.4. The zero-order valence-electron chi connectivity index (χ0n) is 8.32. The number of likely N-dealkylation sites (tertiary alicyclic amines) is 1. The molecule has 1 fully saturated rings. The first kappa shape index (κ1) is 9.21. The molecule has 2 unspecified atom stereocenters. The summed E-state index contributed by atoms with van der Waals surface area (Å²) in [6, 6.07) is -0.255. The van der Waals surface area contributed by atoms with Crippen molar-refractivity contribution in [3.8, 4) is 0 Å². The zero-order chi connectivity index (χ0) is 10.3. The number of nitrogens with zero attached hydrogens (tertiary/aromatic N) is 2. The van der Waals surface area contributed by atoms with Gasteiger partial charge in [0.1, 0.15) is 11.9 Å². The van der Waals surface area contributed by atoms with E-state index in [4.69, 9.17) is 5.73 Å². The number of likely N-dealkylation sites (N-methyl/N-ethyl adjacent to an activating group) is 1. The van der Waals surface area contributed by atoms with Crippen molar-refractivity contribution in [2.45, 2.75) is 25.4 Å². The Hall–Kier alpha value is -1.36. The second kappa shape index (κ2) is 3.09. The molecule has 2 rings (SSSR count). The molecule has 1 amide bonds. The number of rotatable bonds is 1. The first-order valence-electron chi connectivity index (χ1n) is 4.62. The summed E-state index contributed by atoms with van der Waals surface area (Å²) in [6.45, 7) is 1.93. The van der Waals surface area contributed by atoms with Gasteiger partial charge in [-0.1, -0.05) is 0 Å².